The average molecular weight is 187 g/mol. The number of carboxylic acids is 1. The van der Waals surface area contributed by atoms with Crippen LogP contribution in [0.3, 0.4) is 0 Å². The van der Waals surface area contributed by atoms with Crippen molar-refractivity contribution in [2.45, 2.75) is 39.5 Å². The van der Waals surface area contributed by atoms with E-state index in [1.165, 1.54) is 0 Å². The van der Waals surface area contributed by atoms with Crippen molar-refractivity contribution >= 4 is 5.97 Å². The Morgan fingerprint density at radius 3 is 2.46 bits per heavy atom. The average Bonchev–Trinajstić information content (AvgIpc) is 2.05. The fourth-order valence-electron chi connectivity index (χ4n) is 1.65. The smallest absolute Gasteiger partial charge is 0.306 e. The first kappa shape index (κ1) is 12.4. The summed E-state index contributed by atoms with van der Waals surface area (Å²) in [5, 5.41) is 8.96. The Labute approximate surface area is 80.3 Å². The Morgan fingerprint density at radius 1 is 1.46 bits per heavy atom. The van der Waals surface area contributed by atoms with Crippen molar-refractivity contribution < 1.29 is 9.90 Å². The second kappa shape index (κ2) is 6.89. The summed E-state index contributed by atoms with van der Waals surface area (Å²) in [6.45, 7) is 4.68. The Hall–Kier alpha value is -0.570. The SMILES string of the molecule is CCCC(C)C(CCCN)C(=O)O. The zero-order chi connectivity index (χ0) is 10.3. The molecule has 0 aliphatic heterocycles. The van der Waals surface area contributed by atoms with Gasteiger partial charge in [-0.2, -0.15) is 0 Å². The van der Waals surface area contributed by atoms with Gasteiger partial charge in [0, 0.05) is 0 Å². The van der Waals surface area contributed by atoms with Crippen LogP contribution in [0.15, 0.2) is 0 Å². The highest BCUT2D eigenvalue weighted by Gasteiger charge is 2.22. The maximum atomic E-state index is 10.9. The molecule has 3 nitrogen and oxygen atoms in total. The number of hydrogen-bond donors (Lipinski definition) is 2. The van der Waals surface area contributed by atoms with E-state index in [-0.39, 0.29) is 11.8 Å². The van der Waals surface area contributed by atoms with Crippen LogP contribution in [-0.4, -0.2) is 17.6 Å². The third-order valence-corrected chi connectivity index (χ3v) is 2.47. The maximum absolute atomic E-state index is 10.9. The lowest BCUT2D eigenvalue weighted by atomic mass is 9.87. The molecular formula is C10H21NO2. The van der Waals surface area contributed by atoms with Gasteiger partial charge in [0.25, 0.3) is 0 Å². The van der Waals surface area contributed by atoms with E-state index in [1.807, 2.05) is 6.92 Å². The lowest BCUT2D eigenvalue weighted by Gasteiger charge is -2.18. The van der Waals surface area contributed by atoms with Crippen molar-refractivity contribution in [1.29, 1.82) is 0 Å². The molecule has 2 unspecified atom stereocenters. The number of aliphatic carboxylic acids is 1. The molecule has 0 aromatic carbocycles. The van der Waals surface area contributed by atoms with Gasteiger partial charge in [-0.25, -0.2) is 0 Å². The molecule has 2 atom stereocenters. The molecule has 0 saturated carbocycles. The highest BCUT2D eigenvalue weighted by molar-refractivity contribution is 5.70. The molecule has 0 fully saturated rings. The molecule has 0 bridgehead atoms. The first-order chi connectivity index (χ1) is 6.13. The van der Waals surface area contributed by atoms with Gasteiger partial charge >= 0.3 is 5.97 Å². The minimum absolute atomic E-state index is 0.205. The summed E-state index contributed by atoms with van der Waals surface area (Å²) >= 11 is 0. The van der Waals surface area contributed by atoms with E-state index in [9.17, 15) is 4.79 Å². The highest BCUT2D eigenvalue weighted by Crippen LogP contribution is 2.21. The van der Waals surface area contributed by atoms with Crippen molar-refractivity contribution in [3.05, 3.63) is 0 Å². The van der Waals surface area contributed by atoms with Gasteiger partial charge in [-0.3, -0.25) is 4.79 Å². The number of hydrogen-bond acceptors (Lipinski definition) is 2. The van der Waals surface area contributed by atoms with Crippen LogP contribution >= 0.6 is 0 Å². The predicted octanol–water partition coefficient (Wildman–Crippen LogP) is 1.86. The van der Waals surface area contributed by atoms with Gasteiger partial charge in [-0.15, -0.1) is 0 Å². The van der Waals surface area contributed by atoms with Crippen LogP contribution < -0.4 is 5.73 Å². The molecule has 3 heteroatoms. The molecule has 0 saturated heterocycles. The Bertz CT molecular complexity index is 148. The van der Waals surface area contributed by atoms with Crippen LogP contribution in [0.4, 0.5) is 0 Å². The molecule has 0 spiro atoms. The first-order valence-corrected chi connectivity index (χ1v) is 5.06. The second-order valence-electron chi connectivity index (χ2n) is 3.64. The Morgan fingerprint density at radius 2 is 2.08 bits per heavy atom. The van der Waals surface area contributed by atoms with Crippen LogP contribution in [-0.2, 0) is 4.79 Å². The van der Waals surface area contributed by atoms with E-state index >= 15 is 0 Å². The molecular weight excluding hydrogens is 166 g/mol. The summed E-state index contributed by atoms with van der Waals surface area (Å²) in [5.74, 6) is -0.605. The molecule has 0 aromatic rings. The number of nitrogens with two attached hydrogens (primary N) is 1. The summed E-state index contributed by atoms with van der Waals surface area (Å²) < 4.78 is 0. The minimum Gasteiger partial charge on any atom is -0.481 e. The van der Waals surface area contributed by atoms with Gasteiger partial charge in [0.1, 0.15) is 0 Å². The molecule has 0 heterocycles. The summed E-state index contributed by atoms with van der Waals surface area (Å²) in [7, 11) is 0. The lowest BCUT2D eigenvalue weighted by molar-refractivity contribution is -0.143. The summed E-state index contributed by atoms with van der Waals surface area (Å²) in [6, 6.07) is 0. The monoisotopic (exact) mass is 187 g/mol. The Kier molecular flexibility index (Phi) is 6.59. The lowest BCUT2D eigenvalue weighted by Crippen LogP contribution is -2.22. The molecule has 0 aromatic heterocycles. The molecule has 13 heavy (non-hydrogen) atoms. The molecule has 0 aliphatic carbocycles. The van der Waals surface area contributed by atoms with Crippen LogP contribution in [0, 0.1) is 11.8 Å². The van der Waals surface area contributed by atoms with E-state index in [4.69, 9.17) is 10.8 Å². The van der Waals surface area contributed by atoms with E-state index in [1.54, 1.807) is 0 Å². The van der Waals surface area contributed by atoms with Crippen molar-refractivity contribution in [2.75, 3.05) is 6.54 Å². The molecule has 0 aliphatic rings. The quantitative estimate of drug-likeness (QED) is 0.639. The van der Waals surface area contributed by atoms with Gasteiger partial charge in [0.15, 0.2) is 0 Å². The maximum Gasteiger partial charge on any atom is 0.306 e. The highest BCUT2D eigenvalue weighted by atomic mass is 16.4. The predicted molar refractivity (Wildman–Crippen MR) is 53.5 cm³/mol. The molecule has 78 valence electrons. The van der Waals surface area contributed by atoms with E-state index < -0.39 is 5.97 Å². The van der Waals surface area contributed by atoms with Gasteiger partial charge in [0.05, 0.1) is 5.92 Å². The van der Waals surface area contributed by atoms with Crippen LogP contribution in [0.25, 0.3) is 0 Å². The normalized spacial score (nSPS) is 15.3. The molecule has 3 N–H and O–H groups in total. The van der Waals surface area contributed by atoms with Gasteiger partial charge in [-0.05, 0) is 25.3 Å². The zero-order valence-corrected chi connectivity index (χ0v) is 8.62. The van der Waals surface area contributed by atoms with Gasteiger partial charge in [-0.1, -0.05) is 26.7 Å². The standard InChI is InChI=1S/C10H21NO2/c1-3-5-8(2)9(10(12)13)6-4-7-11/h8-9H,3-7,11H2,1-2H3,(H,12,13). The van der Waals surface area contributed by atoms with Crippen LogP contribution in [0.2, 0.25) is 0 Å². The topological polar surface area (TPSA) is 63.3 Å². The number of carbonyl (C=O) groups is 1. The largest absolute Gasteiger partial charge is 0.481 e. The second-order valence-corrected chi connectivity index (χ2v) is 3.64. The summed E-state index contributed by atoms with van der Waals surface area (Å²) in [5.41, 5.74) is 5.36. The van der Waals surface area contributed by atoms with E-state index in [2.05, 4.69) is 6.92 Å². The van der Waals surface area contributed by atoms with E-state index in [0.29, 0.717) is 13.0 Å². The third-order valence-electron chi connectivity index (χ3n) is 2.47. The molecule has 0 rings (SSSR count). The minimum atomic E-state index is -0.672. The van der Waals surface area contributed by atoms with Gasteiger partial charge in [0.2, 0.25) is 0 Å². The fraction of sp³-hybridized carbons (Fsp3) is 0.900. The molecule has 0 amide bonds. The van der Waals surface area contributed by atoms with Crippen LogP contribution in [0.1, 0.15) is 39.5 Å². The summed E-state index contributed by atoms with van der Waals surface area (Å²) in [4.78, 5) is 10.9. The third kappa shape index (κ3) is 4.88. The van der Waals surface area contributed by atoms with Crippen molar-refractivity contribution in [3.8, 4) is 0 Å². The van der Waals surface area contributed by atoms with E-state index in [0.717, 1.165) is 19.3 Å². The van der Waals surface area contributed by atoms with Crippen LogP contribution in [0.5, 0.6) is 0 Å². The van der Waals surface area contributed by atoms with Gasteiger partial charge < -0.3 is 10.8 Å². The van der Waals surface area contributed by atoms with Crippen molar-refractivity contribution in [2.24, 2.45) is 17.6 Å². The zero-order valence-electron chi connectivity index (χ0n) is 8.62. The van der Waals surface area contributed by atoms with Crippen molar-refractivity contribution in [3.63, 3.8) is 0 Å². The Balaban J connectivity index is 3.99. The first-order valence-electron chi connectivity index (χ1n) is 5.06. The number of carboxylic acid groups (broad SMARTS) is 1. The number of rotatable bonds is 7. The van der Waals surface area contributed by atoms with Crippen molar-refractivity contribution in [1.82, 2.24) is 0 Å². The summed E-state index contributed by atoms with van der Waals surface area (Å²) in [6.07, 6.45) is 3.56. The molecule has 0 radical (unpaired) electrons. The fourth-order valence-corrected chi connectivity index (χ4v) is 1.65.